The lowest BCUT2D eigenvalue weighted by Gasteiger charge is -2.11. The molecule has 2 heterocycles. The molecule has 2 aromatic carbocycles. The highest BCUT2D eigenvalue weighted by atomic mass is 32.1. The van der Waals surface area contributed by atoms with Crippen molar-refractivity contribution in [2.24, 2.45) is 0 Å². The first-order valence-electron chi connectivity index (χ1n) is 9.60. The zero-order chi connectivity index (χ0) is 22.0. The third kappa shape index (κ3) is 4.41. The van der Waals surface area contributed by atoms with Crippen molar-refractivity contribution in [2.75, 3.05) is 12.4 Å². The van der Waals surface area contributed by atoms with E-state index < -0.39 is 6.03 Å². The van der Waals surface area contributed by atoms with Crippen LogP contribution in [0.1, 0.15) is 16.8 Å². The van der Waals surface area contributed by atoms with Gasteiger partial charge in [-0.1, -0.05) is 41.7 Å². The van der Waals surface area contributed by atoms with Crippen molar-refractivity contribution in [1.29, 1.82) is 0 Å². The van der Waals surface area contributed by atoms with Crippen LogP contribution in [0, 0.1) is 13.8 Å². The number of carbonyl (C=O) groups is 1. The molecule has 8 nitrogen and oxygen atoms in total. The number of benzene rings is 2. The second-order valence-corrected chi connectivity index (χ2v) is 7.97. The van der Waals surface area contributed by atoms with E-state index in [-0.39, 0.29) is 12.1 Å². The van der Waals surface area contributed by atoms with Gasteiger partial charge in [-0.05, 0) is 37.1 Å². The number of hydrogen-bond donors (Lipinski definition) is 2. The molecule has 0 spiro atoms. The predicted molar refractivity (Wildman–Crippen MR) is 121 cm³/mol. The quantitative estimate of drug-likeness (QED) is 0.497. The summed E-state index contributed by atoms with van der Waals surface area (Å²) in [5, 5.41) is 10.6. The Hall–Kier alpha value is -3.72. The molecule has 0 atom stereocenters. The fourth-order valence-electron chi connectivity index (χ4n) is 3.13. The fourth-order valence-corrected chi connectivity index (χ4v) is 4.14. The maximum absolute atomic E-state index is 12.5. The summed E-state index contributed by atoms with van der Waals surface area (Å²) in [6.45, 7) is 4.02. The van der Waals surface area contributed by atoms with Gasteiger partial charge in [-0.15, -0.1) is 0 Å². The molecule has 31 heavy (non-hydrogen) atoms. The molecule has 0 aliphatic rings. The number of rotatable bonds is 5. The van der Waals surface area contributed by atoms with Crippen LogP contribution in [0.25, 0.3) is 15.5 Å². The van der Waals surface area contributed by atoms with E-state index in [1.807, 2.05) is 50.2 Å². The largest absolute Gasteiger partial charge is 0.495 e. The van der Waals surface area contributed by atoms with Gasteiger partial charge in [0.15, 0.2) is 0 Å². The van der Waals surface area contributed by atoms with Gasteiger partial charge in [0.05, 0.1) is 25.0 Å². The molecular weight excluding hydrogens is 414 g/mol. The van der Waals surface area contributed by atoms with E-state index in [9.17, 15) is 9.59 Å². The van der Waals surface area contributed by atoms with E-state index in [1.165, 1.54) is 21.9 Å². The van der Waals surface area contributed by atoms with Crippen molar-refractivity contribution in [3.05, 3.63) is 75.7 Å². The summed E-state index contributed by atoms with van der Waals surface area (Å²) in [6, 6.07) is 14.3. The summed E-state index contributed by atoms with van der Waals surface area (Å²) < 4.78 is 6.56. The first kappa shape index (κ1) is 20.5. The molecule has 2 amide bonds. The second-order valence-electron chi connectivity index (χ2n) is 7.01. The number of ether oxygens (including phenoxy) is 1. The molecule has 9 heteroatoms. The molecule has 4 rings (SSSR count). The number of anilines is 1. The zero-order valence-corrected chi connectivity index (χ0v) is 18.1. The van der Waals surface area contributed by atoms with E-state index >= 15 is 0 Å². The van der Waals surface area contributed by atoms with Crippen molar-refractivity contribution < 1.29 is 9.53 Å². The van der Waals surface area contributed by atoms with Gasteiger partial charge in [-0.25, -0.2) is 9.78 Å². The number of fused-ring (bicyclic) bond motifs is 1. The highest BCUT2D eigenvalue weighted by Gasteiger charge is 2.13. The molecule has 2 N–H and O–H groups in total. The van der Waals surface area contributed by atoms with Crippen molar-refractivity contribution in [3.63, 3.8) is 0 Å². The molecule has 0 aliphatic carbocycles. The maximum atomic E-state index is 12.5. The number of aryl methyl sites for hydroxylation is 2. The third-order valence-electron chi connectivity index (χ3n) is 4.71. The molecule has 0 bridgehead atoms. The summed E-state index contributed by atoms with van der Waals surface area (Å²) in [6.07, 6.45) is 0. The van der Waals surface area contributed by atoms with Crippen LogP contribution in [0.15, 0.2) is 53.3 Å². The Balaban J connectivity index is 1.52. The van der Waals surface area contributed by atoms with Gasteiger partial charge in [0, 0.05) is 11.6 Å². The van der Waals surface area contributed by atoms with Crippen LogP contribution in [0.5, 0.6) is 5.75 Å². The van der Waals surface area contributed by atoms with Crippen LogP contribution in [0.2, 0.25) is 0 Å². The Morgan fingerprint density at radius 2 is 1.97 bits per heavy atom. The number of carbonyl (C=O) groups excluding carboxylic acids is 1. The molecule has 0 saturated heterocycles. The highest BCUT2D eigenvalue weighted by molar-refractivity contribution is 7.19. The number of nitrogens with one attached hydrogen (secondary N) is 2. The average molecular weight is 436 g/mol. The summed E-state index contributed by atoms with van der Waals surface area (Å²) in [5.74, 6) is 0.562. The summed E-state index contributed by atoms with van der Waals surface area (Å²) in [5.41, 5.74) is 3.75. The van der Waals surface area contributed by atoms with Gasteiger partial charge in [0.25, 0.3) is 5.56 Å². The zero-order valence-electron chi connectivity index (χ0n) is 17.3. The molecule has 2 aromatic heterocycles. The SMILES string of the molecule is COc1ccc(C)cc1NC(=O)NCc1cc(=O)n2nc(-c3ccccc3C)sc2n1. The van der Waals surface area contributed by atoms with E-state index in [2.05, 4.69) is 20.7 Å². The van der Waals surface area contributed by atoms with Crippen LogP contribution >= 0.6 is 11.3 Å². The van der Waals surface area contributed by atoms with Crippen LogP contribution in [-0.2, 0) is 6.54 Å². The van der Waals surface area contributed by atoms with Crippen LogP contribution in [0.3, 0.4) is 0 Å². The van der Waals surface area contributed by atoms with Crippen molar-refractivity contribution in [1.82, 2.24) is 19.9 Å². The lowest BCUT2D eigenvalue weighted by Crippen LogP contribution is -2.29. The second kappa shape index (κ2) is 8.57. The molecule has 0 unspecified atom stereocenters. The molecule has 0 fully saturated rings. The number of amides is 2. The van der Waals surface area contributed by atoms with Gasteiger partial charge in [-0.2, -0.15) is 9.61 Å². The van der Waals surface area contributed by atoms with Gasteiger partial charge in [-0.3, -0.25) is 4.79 Å². The number of nitrogens with zero attached hydrogens (tertiary/aromatic N) is 3. The Bertz CT molecular complexity index is 1330. The first-order valence-corrected chi connectivity index (χ1v) is 10.4. The minimum atomic E-state index is -0.421. The van der Waals surface area contributed by atoms with E-state index in [4.69, 9.17) is 4.74 Å². The molecule has 0 saturated carbocycles. The lowest BCUT2D eigenvalue weighted by atomic mass is 10.1. The molecule has 0 aliphatic heterocycles. The Labute approximate surface area is 182 Å². The Morgan fingerprint density at radius 1 is 1.16 bits per heavy atom. The summed E-state index contributed by atoms with van der Waals surface area (Å²) in [7, 11) is 1.54. The monoisotopic (exact) mass is 435 g/mol. The Morgan fingerprint density at radius 3 is 2.74 bits per heavy atom. The Kier molecular flexibility index (Phi) is 5.68. The third-order valence-corrected chi connectivity index (χ3v) is 5.65. The van der Waals surface area contributed by atoms with Crippen molar-refractivity contribution >= 4 is 28.0 Å². The highest BCUT2D eigenvalue weighted by Crippen LogP contribution is 2.27. The minimum Gasteiger partial charge on any atom is -0.495 e. The van der Waals surface area contributed by atoms with Gasteiger partial charge in [0.1, 0.15) is 10.8 Å². The first-order chi connectivity index (χ1) is 14.9. The molecule has 0 radical (unpaired) electrons. The van der Waals surface area contributed by atoms with Crippen molar-refractivity contribution in [2.45, 2.75) is 20.4 Å². The van der Waals surface area contributed by atoms with Gasteiger partial charge in [0.2, 0.25) is 4.96 Å². The fraction of sp³-hybridized carbons (Fsp3) is 0.182. The smallest absolute Gasteiger partial charge is 0.319 e. The minimum absolute atomic E-state index is 0.100. The van der Waals surface area contributed by atoms with E-state index in [0.29, 0.717) is 22.1 Å². The molecule has 158 valence electrons. The molecular formula is C22H21N5O3S. The summed E-state index contributed by atoms with van der Waals surface area (Å²) in [4.78, 5) is 29.8. The van der Waals surface area contributed by atoms with Gasteiger partial charge < -0.3 is 15.4 Å². The topological polar surface area (TPSA) is 97.6 Å². The number of aromatic nitrogens is 3. The maximum Gasteiger partial charge on any atom is 0.319 e. The number of urea groups is 1. The predicted octanol–water partition coefficient (Wildman–Crippen LogP) is 3.77. The summed E-state index contributed by atoms with van der Waals surface area (Å²) >= 11 is 1.33. The van der Waals surface area contributed by atoms with Crippen LogP contribution in [0.4, 0.5) is 10.5 Å². The molecule has 4 aromatic rings. The number of hydrogen-bond acceptors (Lipinski definition) is 6. The van der Waals surface area contributed by atoms with Crippen molar-refractivity contribution in [3.8, 4) is 16.3 Å². The normalized spacial score (nSPS) is 10.8. The van der Waals surface area contributed by atoms with Gasteiger partial charge >= 0.3 is 6.03 Å². The van der Waals surface area contributed by atoms with E-state index in [1.54, 1.807) is 13.2 Å². The average Bonchev–Trinajstić information content (AvgIpc) is 3.17. The lowest BCUT2D eigenvalue weighted by molar-refractivity contribution is 0.251. The van der Waals surface area contributed by atoms with Crippen LogP contribution in [-0.4, -0.2) is 27.7 Å². The van der Waals surface area contributed by atoms with E-state index in [0.717, 1.165) is 21.7 Å². The number of methoxy groups -OCH3 is 1. The standard InChI is InChI=1S/C22H21N5O3S/c1-13-8-9-18(30-3)17(10-13)25-21(29)23-12-15-11-19(28)27-22(24-15)31-20(26-27)16-7-5-4-6-14(16)2/h4-11H,12H2,1-3H3,(H2,23,25,29). The van der Waals surface area contributed by atoms with Crippen LogP contribution < -0.4 is 20.9 Å².